The molecule has 0 atom stereocenters. The van der Waals surface area contributed by atoms with Crippen LogP contribution in [-0.4, -0.2) is 29.8 Å². The van der Waals surface area contributed by atoms with Crippen LogP contribution in [0.4, 0.5) is 18.9 Å². The molecule has 0 aliphatic carbocycles. The number of rotatable bonds is 5. The second kappa shape index (κ2) is 7.86. The van der Waals surface area contributed by atoms with Gasteiger partial charge in [0.1, 0.15) is 5.75 Å². The summed E-state index contributed by atoms with van der Waals surface area (Å²) in [6.07, 6.45) is -1.23. The summed E-state index contributed by atoms with van der Waals surface area (Å²) >= 11 is 3.37. The Kier molecular flexibility index (Phi) is 6.05. The molecule has 1 heterocycles. The van der Waals surface area contributed by atoms with E-state index in [9.17, 15) is 13.2 Å². The second-order valence-corrected chi connectivity index (χ2v) is 6.13. The Morgan fingerprint density at radius 1 is 1.36 bits per heavy atom. The van der Waals surface area contributed by atoms with Crippen LogP contribution in [0.5, 0.6) is 11.6 Å². The van der Waals surface area contributed by atoms with Gasteiger partial charge < -0.3 is 9.64 Å². The van der Waals surface area contributed by atoms with E-state index >= 15 is 0 Å². The number of ether oxygens (including phenoxy) is 1. The minimum absolute atomic E-state index is 0.0596. The summed E-state index contributed by atoms with van der Waals surface area (Å²) in [7, 11) is 1.90. The minimum Gasteiger partial charge on any atom is -0.438 e. The van der Waals surface area contributed by atoms with Crippen molar-refractivity contribution in [2.45, 2.75) is 20.0 Å². The molecule has 0 N–H and O–H groups in total. The van der Waals surface area contributed by atoms with Crippen molar-refractivity contribution in [2.75, 3.05) is 13.6 Å². The molecule has 0 amide bonds. The van der Waals surface area contributed by atoms with Crippen LogP contribution in [0.1, 0.15) is 18.1 Å². The number of benzene rings is 1. The van der Waals surface area contributed by atoms with Gasteiger partial charge in [0.25, 0.3) is 0 Å². The van der Waals surface area contributed by atoms with E-state index in [0.717, 1.165) is 24.2 Å². The van der Waals surface area contributed by atoms with Gasteiger partial charge in [0, 0.05) is 13.6 Å². The molecule has 2 rings (SSSR count). The Balaban J connectivity index is 2.27. The first-order valence-corrected chi connectivity index (χ1v) is 8.26. The molecule has 0 unspecified atom stereocenters. The van der Waals surface area contributed by atoms with Gasteiger partial charge in [-0.3, -0.25) is 0 Å². The predicted molar refractivity (Wildman–Crippen MR) is 94.6 cm³/mol. The zero-order valence-corrected chi connectivity index (χ0v) is 15.5. The highest BCUT2D eigenvalue weighted by molar-refractivity contribution is 9.10. The lowest BCUT2D eigenvalue weighted by molar-refractivity contribution is -0.137. The van der Waals surface area contributed by atoms with Crippen molar-refractivity contribution < 1.29 is 17.9 Å². The van der Waals surface area contributed by atoms with Gasteiger partial charge in [0.2, 0.25) is 5.88 Å². The summed E-state index contributed by atoms with van der Waals surface area (Å²) in [6.45, 7) is 4.64. The Bertz CT molecular complexity index is 778. The average molecular weight is 416 g/mol. The number of halogens is 4. The highest BCUT2D eigenvalue weighted by Gasteiger charge is 2.30. The third-order valence-corrected chi connectivity index (χ3v) is 4.41. The van der Waals surface area contributed by atoms with E-state index < -0.39 is 11.7 Å². The van der Waals surface area contributed by atoms with Gasteiger partial charge in [0.05, 0.1) is 28.3 Å². The summed E-state index contributed by atoms with van der Waals surface area (Å²) in [5, 5.41) is 0. The van der Waals surface area contributed by atoms with Crippen molar-refractivity contribution in [1.29, 1.82) is 0 Å². The molecule has 0 aliphatic rings. The molecule has 8 heteroatoms. The quantitative estimate of drug-likeness (QED) is 0.472. The number of aliphatic imine (C=N–C) groups is 1. The maximum absolute atomic E-state index is 12.8. The topological polar surface area (TPSA) is 37.7 Å². The lowest BCUT2D eigenvalue weighted by atomic mass is 10.2. The Hall–Kier alpha value is -2.09. The van der Waals surface area contributed by atoms with Crippen LogP contribution in [0.25, 0.3) is 0 Å². The monoisotopic (exact) mass is 415 g/mol. The van der Waals surface area contributed by atoms with E-state index in [1.165, 1.54) is 18.3 Å². The fraction of sp³-hybridized carbons (Fsp3) is 0.294. The lowest BCUT2D eigenvalue weighted by Gasteiger charge is -2.13. The molecule has 25 heavy (non-hydrogen) atoms. The molecule has 0 saturated heterocycles. The third-order valence-electron chi connectivity index (χ3n) is 3.47. The Morgan fingerprint density at radius 2 is 2.08 bits per heavy atom. The number of hydrogen-bond donors (Lipinski definition) is 0. The van der Waals surface area contributed by atoms with E-state index in [1.807, 2.05) is 25.8 Å². The predicted octanol–water partition coefficient (Wildman–Crippen LogP) is 5.58. The van der Waals surface area contributed by atoms with Gasteiger partial charge in [-0.05, 0) is 53.5 Å². The van der Waals surface area contributed by atoms with Gasteiger partial charge in [0.15, 0.2) is 0 Å². The fourth-order valence-corrected chi connectivity index (χ4v) is 2.22. The van der Waals surface area contributed by atoms with E-state index in [4.69, 9.17) is 4.74 Å². The molecule has 134 valence electrons. The van der Waals surface area contributed by atoms with Crippen LogP contribution in [0.3, 0.4) is 0 Å². The van der Waals surface area contributed by atoms with Crippen LogP contribution in [-0.2, 0) is 6.18 Å². The summed E-state index contributed by atoms with van der Waals surface area (Å²) in [6, 6.07) is 4.66. The SMILES string of the molecule is CCN(C)/C=N/c1cnc(Oc2cccc(C(F)(F)F)c2)c(Br)c1C. The van der Waals surface area contributed by atoms with Gasteiger partial charge in [-0.25, -0.2) is 9.98 Å². The maximum atomic E-state index is 12.8. The first kappa shape index (κ1) is 19.2. The van der Waals surface area contributed by atoms with Crippen LogP contribution < -0.4 is 4.74 Å². The van der Waals surface area contributed by atoms with Gasteiger partial charge in [-0.1, -0.05) is 6.07 Å². The van der Waals surface area contributed by atoms with Gasteiger partial charge in [-0.15, -0.1) is 0 Å². The highest BCUT2D eigenvalue weighted by atomic mass is 79.9. The Labute approximate surface area is 152 Å². The first-order chi connectivity index (χ1) is 11.7. The zero-order valence-electron chi connectivity index (χ0n) is 13.9. The van der Waals surface area contributed by atoms with Crippen LogP contribution in [0.15, 0.2) is 39.9 Å². The molecule has 2 aromatic rings. The molecule has 0 aliphatic heterocycles. The molecule has 1 aromatic heterocycles. The molecule has 0 spiro atoms. The molecule has 0 bridgehead atoms. The maximum Gasteiger partial charge on any atom is 0.416 e. The van der Waals surface area contributed by atoms with E-state index in [-0.39, 0.29) is 11.6 Å². The fourth-order valence-electron chi connectivity index (χ4n) is 1.84. The molecule has 0 radical (unpaired) electrons. The Morgan fingerprint density at radius 3 is 2.72 bits per heavy atom. The van der Waals surface area contributed by atoms with Crippen molar-refractivity contribution in [2.24, 2.45) is 4.99 Å². The van der Waals surface area contributed by atoms with Crippen LogP contribution >= 0.6 is 15.9 Å². The normalized spacial score (nSPS) is 11.8. The lowest BCUT2D eigenvalue weighted by Crippen LogP contribution is -2.14. The van der Waals surface area contributed by atoms with E-state index in [0.29, 0.717) is 10.2 Å². The molecular formula is C17H17BrF3N3O. The van der Waals surface area contributed by atoms with Crippen LogP contribution in [0.2, 0.25) is 0 Å². The molecule has 0 fully saturated rings. The van der Waals surface area contributed by atoms with Gasteiger partial charge in [-0.2, -0.15) is 13.2 Å². The van der Waals surface area contributed by atoms with Crippen LogP contribution in [0, 0.1) is 6.92 Å². The largest absolute Gasteiger partial charge is 0.438 e. The summed E-state index contributed by atoms with van der Waals surface area (Å²) in [4.78, 5) is 10.4. The van der Waals surface area contributed by atoms with Crippen molar-refractivity contribution in [3.8, 4) is 11.6 Å². The van der Waals surface area contributed by atoms with Crippen molar-refractivity contribution in [1.82, 2.24) is 9.88 Å². The summed E-state index contributed by atoms with van der Waals surface area (Å²) < 4.78 is 44.4. The summed E-state index contributed by atoms with van der Waals surface area (Å²) in [5.74, 6) is 0.240. The second-order valence-electron chi connectivity index (χ2n) is 5.33. The van der Waals surface area contributed by atoms with E-state index in [2.05, 4.69) is 25.9 Å². The van der Waals surface area contributed by atoms with Gasteiger partial charge >= 0.3 is 6.18 Å². The zero-order chi connectivity index (χ0) is 18.6. The number of aromatic nitrogens is 1. The summed E-state index contributed by atoms with van der Waals surface area (Å²) in [5.41, 5.74) is 0.642. The number of hydrogen-bond acceptors (Lipinski definition) is 3. The third kappa shape index (κ3) is 4.94. The molecule has 4 nitrogen and oxygen atoms in total. The number of nitrogens with zero attached hydrogens (tertiary/aromatic N) is 3. The highest BCUT2D eigenvalue weighted by Crippen LogP contribution is 2.36. The standard InChI is InChI=1S/C17H17BrF3N3O/c1-4-24(3)10-23-14-9-22-16(15(18)11(14)2)25-13-7-5-6-12(8-13)17(19,20)21/h5-10H,4H2,1-3H3/b23-10+. The average Bonchev–Trinajstić information content (AvgIpc) is 2.57. The smallest absolute Gasteiger partial charge is 0.416 e. The minimum atomic E-state index is -4.43. The van der Waals surface area contributed by atoms with Crippen molar-refractivity contribution in [3.05, 3.63) is 46.1 Å². The molecular weight excluding hydrogens is 399 g/mol. The molecule has 1 aromatic carbocycles. The van der Waals surface area contributed by atoms with Crippen molar-refractivity contribution >= 4 is 28.0 Å². The number of alkyl halides is 3. The molecule has 0 saturated carbocycles. The van der Waals surface area contributed by atoms with Crippen molar-refractivity contribution in [3.63, 3.8) is 0 Å². The van der Waals surface area contributed by atoms with E-state index in [1.54, 1.807) is 6.34 Å². The first-order valence-electron chi connectivity index (χ1n) is 7.47. The number of pyridine rings is 1.